The van der Waals surface area contributed by atoms with Crippen molar-refractivity contribution >= 4 is 23.0 Å². The Morgan fingerprint density at radius 1 is 1.05 bits per heavy atom. The molecule has 2 rings (SSSR count). The summed E-state index contributed by atoms with van der Waals surface area (Å²) in [5.41, 5.74) is 2.11. The zero-order valence-corrected chi connectivity index (χ0v) is 14.0. The molecule has 0 aliphatic carbocycles. The van der Waals surface area contributed by atoms with Crippen LogP contribution in [0.3, 0.4) is 0 Å². The minimum Gasteiger partial charge on any atom is -0.370 e. The van der Waals surface area contributed by atoms with E-state index < -0.39 is 0 Å². The number of hydrogen-bond donors (Lipinski definition) is 2. The Balaban J connectivity index is 2.19. The van der Waals surface area contributed by atoms with Gasteiger partial charge in [-0.3, -0.25) is 0 Å². The van der Waals surface area contributed by atoms with Gasteiger partial charge in [0.2, 0.25) is 0 Å². The summed E-state index contributed by atoms with van der Waals surface area (Å²) in [4.78, 5) is 13.7. The van der Waals surface area contributed by atoms with Gasteiger partial charge in [0.05, 0.1) is 17.2 Å². The smallest absolute Gasteiger partial charge is 0.135 e. The highest BCUT2D eigenvalue weighted by molar-refractivity contribution is 7.09. The van der Waals surface area contributed by atoms with Gasteiger partial charge in [-0.15, -0.1) is 11.3 Å². The van der Waals surface area contributed by atoms with Crippen LogP contribution in [0.4, 0.5) is 11.6 Å². The fourth-order valence-electron chi connectivity index (χ4n) is 2.07. The van der Waals surface area contributed by atoms with Gasteiger partial charge in [0.1, 0.15) is 17.5 Å². The first-order valence-corrected chi connectivity index (χ1v) is 8.28. The topological polar surface area (TPSA) is 62.7 Å². The molecule has 21 heavy (non-hydrogen) atoms. The second-order valence-corrected chi connectivity index (χ2v) is 6.02. The normalized spacial score (nSPS) is 10.7. The molecule has 0 aliphatic heterocycles. The van der Waals surface area contributed by atoms with Gasteiger partial charge >= 0.3 is 0 Å². The monoisotopic (exact) mass is 305 g/mol. The Morgan fingerprint density at radius 2 is 1.76 bits per heavy atom. The predicted octanol–water partition coefficient (Wildman–Crippen LogP) is 3.55. The Labute approximate surface area is 130 Å². The number of rotatable bonds is 7. The van der Waals surface area contributed by atoms with E-state index in [0.717, 1.165) is 53.1 Å². The van der Waals surface area contributed by atoms with E-state index in [-0.39, 0.29) is 0 Å². The maximum absolute atomic E-state index is 4.64. The zero-order chi connectivity index (χ0) is 15.2. The number of anilines is 2. The van der Waals surface area contributed by atoms with Gasteiger partial charge in [0.25, 0.3) is 0 Å². The molecule has 2 N–H and O–H groups in total. The highest BCUT2D eigenvalue weighted by Crippen LogP contribution is 2.21. The molecule has 2 aromatic heterocycles. The average molecular weight is 305 g/mol. The van der Waals surface area contributed by atoms with Gasteiger partial charge in [0, 0.05) is 23.9 Å². The van der Waals surface area contributed by atoms with Crippen LogP contribution in [0.1, 0.15) is 42.4 Å². The van der Waals surface area contributed by atoms with E-state index in [0.29, 0.717) is 6.54 Å². The van der Waals surface area contributed by atoms with Gasteiger partial charge < -0.3 is 10.6 Å². The van der Waals surface area contributed by atoms with Crippen molar-refractivity contribution in [3.8, 4) is 0 Å². The minimum absolute atomic E-state index is 0.694. The zero-order valence-electron chi connectivity index (χ0n) is 13.2. The number of nitrogens with one attached hydrogen (secondary N) is 2. The fourth-order valence-corrected chi connectivity index (χ4v) is 2.69. The molecule has 0 aromatic carbocycles. The molecule has 0 radical (unpaired) electrons. The lowest BCUT2D eigenvalue weighted by atomic mass is 10.2. The Hall–Kier alpha value is -1.69. The van der Waals surface area contributed by atoms with Crippen LogP contribution in [0.25, 0.3) is 0 Å². The molecular formula is C15H23N5S. The van der Waals surface area contributed by atoms with Crippen LogP contribution in [0.15, 0.2) is 5.38 Å². The minimum atomic E-state index is 0.694. The van der Waals surface area contributed by atoms with E-state index in [1.807, 2.05) is 13.8 Å². The summed E-state index contributed by atoms with van der Waals surface area (Å²) in [6.07, 6.45) is 1.93. The van der Waals surface area contributed by atoms with Gasteiger partial charge in [-0.2, -0.15) is 0 Å². The highest BCUT2D eigenvalue weighted by Gasteiger charge is 2.10. The van der Waals surface area contributed by atoms with E-state index >= 15 is 0 Å². The molecule has 0 fully saturated rings. The van der Waals surface area contributed by atoms with Crippen LogP contribution in [-0.2, 0) is 13.0 Å². The molecule has 0 bridgehead atoms. The maximum Gasteiger partial charge on any atom is 0.135 e. The number of hydrogen-bond acceptors (Lipinski definition) is 6. The molecule has 0 unspecified atom stereocenters. The number of aryl methyl sites for hydroxylation is 2. The number of thiazole rings is 1. The third-order valence-electron chi connectivity index (χ3n) is 3.11. The van der Waals surface area contributed by atoms with Crippen molar-refractivity contribution in [3.63, 3.8) is 0 Å². The van der Waals surface area contributed by atoms with Crippen molar-refractivity contribution in [2.75, 3.05) is 17.2 Å². The van der Waals surface area contributed by atoms with E-state index in [2.05, 4.69) is 44.8 Å². The van der Waals surface area contributed by atoms with Crippen LogP contribution in [0.2, 0.25) is 0 Å². The third kappa shape index (κ3) is 4.14. The van der Waals surface area contributed by atoms with Gasteiger partial charge in [-0.1, -0.05) is 6.92 Å². The van der Waals surface area contributed by atoms with E-state index in [1.54, 1.807) is 11.3 Å². The van der Waals surface area contributed by atoms with Crippen molar-refractivity contribution in [2.24, 2.45) is 0 Å². The summed E-state index contributed by atoms with van der Waals surface area (Å²) >= 11 is 1.67. The molecule has 6 heteroatoms. The van der Waals surface area contributed by atoms with Crippen molar-refractivity contribution in [1.29, 1.82) is 0 Å². The quantitative estimate of drug-likeness (QED) is 0.819. The molecule has 0 aliphatic rings. The molecule has 5 nitrogen and oxygen atoms in total. The maximum atomic E-state index is 4.64. The van der Waals surface area contributed by atoms with Gasteiger partial charge in [-0.05, 0) is 27.2 Å². The Morgan fingerprint density at radius 3 is 2.33 bits per heavy atom. The molecule has 0 amide bonds. The molecule has 0 saturated carbocycles. The average Bonchev–Trinajstić information content (AvgIpc) is 2.87. The van der Waals surface area contributed by atoms with Gasteiger partial charge in [-0.25, -0.2) is 15.0 Å². The first-order chi connectivity index (χ1) is 10.1. The number of aromatic nitrogens is 3. The summed E-state index contributed by atoms with van der Waals surface area (Å²) in [6, 6.07) is 0. The Bertz CT molecular complexity index is 594. The molecule has 0 atom stereocenters. The second kappa shape index (κ2) is 7.36. The van der Waals surface area contributed by atoms with Crippen LogP contribution in [-0.4, -0.2) is 21.5 Å². The summed E-state index contributed by atoms with van der Waals surface area (Å²) in [5.74, 6) is 2.71. The van der Waals surface area contributed by atoms with Gasteiger partial charge in [0.15, 0.2) is 0 Å². The Kier molecular flexibility index (Phi) is 5.50. The molecule has 114 valence electrons. The highest BCUT2D eigenvalue weighted by atomic mass is 32.1. The standard InChI is InChI=1S/C15H23N5S/c1-5-7-13-19-14(16-6-2)10(3)15(20-13)17-8-12-9-21-11(4)18-12/h9H,5-8H2,1-4H3,(H2,16,17,19,20). The van der Waals surface area contributed by atoms with Crippen molar-refractivity contribution in [3.05, 3.63) is 27.5 Å². The second-order valence-electron chi connectivity index (χ2n) is 4.95. The largest absolute Gasteiger partial charge is 0.370 e. The van der Waals surface area contributed by atoms with Crippen molar-refractivity contribution in [1.82, 2.24) is 15.0 Å². The van der Waals surface area contributed by atoms with Crippen LogP contribution < -0.4 is 10.6 Å². The predicted molar refractivity (Wildman–Crippen MR) is 89.1 cm³/mol. The van der Waals surface area contributed by atoms with E-state index in [1.165, 1.54) is 0 Å². The molecule has 0 saturated heterocycles. The number of nitrogens with zero attached hydrogens (tertiary/aromatic N) is 3. The fraction of sp³-hybridized carbons (Fsp3) is 0.533. The van der Waals surface area contributed by atoms with Crippen molar-refractivity contribution in [2.45, 2.75) is 47.1 Å². The lowest BCUT2D eigenvalue weighted by Crippen LogP contribution is -2.11. The van der Waals surface area contributed by atoms with E-state index in [9.17, 15) is 0 Å². The molecule has 0 spiro atoms. The molecular weight excluding hydrogens is 282 g/mol. The lowest BCUT2D eigenvalue weighted by molar-refractivity contribution is 0.829. The molecule has 2 aromatic rings. The van der Waals surface area contributed by atoms with Crippen LogP contribution >= 0.6 is 11.3 Å². The first kappa shape index (κ1) is 15.7. The lowest BCUT2D eigenvalue weighted by Gasteiger charge is -2.14. The summed E-state index contributed by atoms with van der Waals surface area (Å²) < 4.78 is 0. The van der Waals surface area contributed by atoms with Crippen LogP contribution in [0.5, 0.6) is 0 Å². The SMILES string of the molecule is CCCc1nc(NCC)c(C)c(NCc2csc(C)n2)n1. The summed E-state index contributed by atoms with van der Waals surface area (Å²) in [5, 5.41) is 9.88. The van der Waals surface area contributed by atoms with Crippen LogP contribution in [0, 0.1) is 13.8 Å². The summed E-state index contributed by atoms with van der Waals surface area (Å²) in [6.45, 7) is 9.83. The summed E-state index contributed by atoms with van der Waals surface area (Å²) in [7, 11) is 0. The van der Waals surface area contributed by atoms with Crippen molar-refractivity contribution < 1.29 is 0 Å². The third-order valence-corrected chi connectivity index (χ3v) is 3.94. The van der Waals surface area contributed by atoms with E-state index in [4.69, 9.17) is 0 Å². The molecule has 2 heterocycles. The first-order valence-electron chi connectivity index (χ1n) is 7.40.